The van der Waals surface area contributed by atoms with Crippen LogP contribution in [0.25, 0.3) is 16.9 Å². The van der Waals surface area contributed by atoms with Gasteiger partial charge in [0.2, 0.25) is 6.79 Å². The van der Waals surface area contributed by atoms with E-state index in [1.54, 1.807) is 0 Å². The molecule has 3 aromatic rings. The van der Waals surface area contributed by atoms with Gasteiger partial charge in [-0.2, -0.15) is 0 Å². The summed E-state index contributed by atoms with van der Waals surface area (Å²) >= 11 is 3.48. The fourth-order valence-electron chi connectivity index (χ4n) is 2.75. The van der Waals surface area contributed by atoms with Gasteiger partial charge in [-0.25, -0.2) is 0 Å². The van der Waals surface area contributed by atoms with Gasteiger partial charge in [-0.1, -0.05) is 28.1 Å². The Bertz CT molecular complexity index is 837. The lowest BCUT2D eigenvalue weighted by Crippen LogP contribution is -1.99. The molecule has 0 fully saturated rings. The van der Waals surface area contributed by atoms with Gasteiger partial charge in [0.05, 0.1) is 5.69 Å². The highest BCUT2D eigenvalue weighted by molar-refractivity contribution is 9.10. The second kappa shape index (κ2) is 5.21. The third-order valence-electron chi connectivity index (χ3n) is 3.83. The van der Waals surface area contributed by atoms with Crippen LogP contribution in [0.15, 0.2) is 59.1 Å². The van der Waals surface area contributed by atoms with Crippen LogP contribution >= 0.6 is 15.9 Å². The molecule has 0 spiro atoms. The monoisotopic (exact) mass is 355 g/mol. The largest absolute Gasteiger partial charge is 0.454 e. The molecule has 22 heavy (non-hydrogen) atoms. The fraction of sp³-hybridized carbons (Fsp3) is 0.111. The second-order valence-electron chi connectivity index (χ2n) is 5.24. The number of ether oxygens (including phenoxy) is 2. The Kier molecular flexibility index (Phi) is 3.19. The number of benzene rings is 2. The predicted molar refractivity (Wildman–Crippen MR) is 89.8 cm³/mol. The van der Waals surface area contributed by atoms with Crippen molar-refractivity contribution in [1.29, 1.82) is 0 Å². The molecule has 2 heterocycles. The molecular formula is C18H14BrNO2. The average molecular weight is 356 g/mol. The SMILES string of the molecule is Cc1ccc(-c2ccc(Br)cc2)n1-c1ccc2c(c1)OCO2. The Morgan fingerprint density at radius 2 is 1.68 bits per heavy atom. The molecule has 4 rings (SSSR count). The van der Waals surface area contributed by atoms with E-state index < -0.39 is 0 Å². The summed E-state index contributed by atoms with van der Waals surface area (Å²) in [5.41, 5.74) is 4.58. The van der Waals surface area contributed by atoms with Crippen LogP contribution in [0.3, 0.4) is 0 Å². The Hall–Kier alpha value is -2.20. The number of aromatic nitrogens is 1. The van der Waals surface area contributed by atoms with Gasteiger partial charge in [-0.15, -0.1) is 0 Å². The maximum Gasteiger partial charge on any atom is 0.231 e. The normalized spacial score (nSPS) is 12.6. The molecule has 0 amide bonds. The molecule has 0 bridgehead atoms. The van der Waals surface area contributed by atoms with E-state index in [-0.39, 0.29) is 0 Å². The summed E-state index contributed by atoms with van der Waals surface area (Å²) in [7, 11) is 0. The smallest absolute Gasteiger partial charge is 0.231 e. The van der Waals surface area contributed by atoms with E-state index >= 15 is 0 Å². The number of aryl methyl sites for hydroxylation is 1. The number of halogens is 1. The highest BCUT2D eigenvalue weighted by Gasteiger charge is 2.16. The first-order valence-corrected chi connectivity index (χ1v) is 7.86. The van der Waals surface area contributed by atoms with Crippen molar-refractivity contribution >= 4 is 15.9 Å². The number of hydrogen-bond donors (Lipinski definition) is 0. The van der Waals surface area contributed by atoms with Crippen molar-refractivity contribution in [2.45, 2.75) is 6.92 Å². The van der Waals surface area contributed by atoms with E-state index in [0.29, 0.717) is 6.79 Å². The molecule has 0 N–H and O–H groups in total. The van der Waals surface area contributed by atoms with Crippen molar-refractivity contribution in [3.8, 4) is 28.4 Å². The van der Waals surface area contributed by atoms with Crippen molar-refractivity contribution in [1.82, 2.24) is 4.57 Å². The van der Waals surface area contributed by atoms with E-state index in [0.717, 1.165) is 27.4 Å². The van der Waals surface area contributed by atoms with Crippen molar-refractivity contribution in [3.63, 3.8) is 0 Å². The molecule has 0 unspecified atom stereocenters. The molecule has 0 saturated heterocycles. The molecule has 110 valence electrons. The van der Waals surface area contributed by atoms with Gasteiger partial charge >= 0.3 is 0 Å². The van der Waals surface area contributed by atoms with Crippen LogP contribution < -0.4 is 9.47 Å². The Labute approximate surface area is 137 Å². The predicted octanol–water partition coefficient (Wildman–Crippen LogP) is 4.94. The maximum absolute atomic E-state index is 5.50. The number of fused-ring (bicyclic) bond motifs is 1. The molecule has 2 aromatic carbocycles. The summed E-state index contributed by atoms with van der Waals surface area (Å²) in [5.74, 6) is 1.60. The molecule has 0 atom stereocenters. The summed E-state index contributed by atoms with van der Waals surface area (Å²) < 4.78 is 14.2. The minimum atomic E-state index is 0.295. The van der Waals surface area contributed by atoms with E-state index in [2.05, 4.69) is 69.9 Å². The molecule has 4 heteroatoms. The highest BCUT2D eigenvalue weighted by atomic mass is 79.9. The zero-order chi connectivity index (χ0) is 15.1. The first-order valence-electron chi connectivity index (χ1n) is 7.07. The van der Waals surface area contributed by atoms with Gasteiger partial charge < -0.3 is 14.0 Å². The van der Waals surface area contributed by atoms with Gasteiger partial charge in [0.1, 0.15) is 0 Å². The minimum Gasteiger partial charge on any atom is -0.454 e. The molecule has 1 aliphatic heterocycles. The number of nitrogens with zero attached hydrogens (tertiary/aromatic N) is 1. The average Bonchev–Trinajstić information content (AvgIpc) is 3.13. The first kappa shape index (κ1) is 13.5. The van der Waals surface area contributed by atoms with Crippen LogP contribution in [0.2, 0.25) is 0 Å². The quantitative estimate of drug-likeness (QED) is 0.649. The summed E-state index contributed by atoms with van der Waals surface area (Å²) in [6, 6.07) is 18.7. The lowest BCUT2D eigenvalue weighted by Gasteiger charge is -2.13. The van der Waals surface area contributed by atoms with Crippen LogP contribution in [0.5, 0.6) is 11.5 Å². The Balaban J connectivity index is 1.85. The summed E-state index contributed by atoms with van der Waals surface area (Å²) in [6.45, 7) is 2.40. The Morgan fingerprint density at radius 1 is 0.909 bits per heavy atom. The van der Waals surface area contributed by atoms with Crippen LogP contribution in [-0.4, -0.2) is 11.4 Å². The molecule has 0 aliphatic carbocycles. The summed E-state index contributed by atoms with van der Waals surface area (Å²) in [6.07, 6.45) is 0. The van der Waals surface area contributed by atoms with E-state index in [9.17, 15) is 0 Å². The van der Waals surface area contributed by atoms with Crippen LogP contribution in [0, 0.1) is 6.92 Å². The zero-order valence-corrected chi connectivity index (χ0v) is 13.6. The van der Waals surface area contributed by atoms with Crippen molar-refractivity contribution < 1.29 is 9.47 Å². The van der Waals surface area contributed by atoms with Gasteiger partial charge in [0.15, 0.2) is 11.5 Å². The molecule has 0 radical (unpaired) electrons. The lowest BCUT2D eigenvalue weighted by atomic mass is 10.1. The summed E-state index contributed by atoms with van der Waals surface area (Å²) in [5, 5.41) is 0. The zero-order valence-electron chi connectivity index (χ0n) is 12.0. The fourth-order valence-corrected chi connectivity index (χ4v) is 3.02. The van der Waals surface area contributed by atoms with Crippen molar-refractivity contribution in [2.75, 3.05) is 6.79 Å². The molecule has 1 aromatic heterocycles. The van der Waals surface area contributed by atoms with Gasteiger partial charge in [-0.3, -0.25) is 0 Å². The lowest BCUT2D eigenvalue weighted by molar-refractivity contribution is 0.174. The van der Waals surface area contributed by atoms with Crippen LogP contribution in [0.1, 0.15) is 5.69 Å². The third-order valence-corrected chi connectivity index (χ3v) is 4.36. The minimum absolute atomic E-state index is 0.295. The van der Waals surface area contributed by atoms with E-state index in [4.69, 9.17) is 9.47 Å². The number of rotatable bonds is 2. The van der Waals surface area contributed by atoms with Gasteiger partial charge in [0.25, 0.3) is 0 Å². The van der Waals surface area contributed by atoms with Crippen molar-refractivity contribution in [2.24, 2.45) is 0 Å². The van der Waals surface area contributed by atoms with E-state index in [1.807, 2.05) is 12.1 Å². The number of hydrogen-bond acceptors (Lipinski definition) is 2. The molecular weight excluding hydrogens is 342 g/mol. The topological polar surface area (TPSA) is 23.4 Å². The molecule has 3 nitrogen and oxygen atoms in total. The van der Waals surface area contributed by atoms with Crippen LogP contribution in [0.4, 0.5) is 0 Å². The van der Waals surface area contributed by atoms with Crippen molar-refractivity contribution in [3.05, 3.63) is 64.8 Å². The highest BCUT2D eigenvalue weighted by Crippen LogP contribution is 2.36. The Morgan fingerprint density at radius 3 is 2.50 bits per heavy atom. The maximum atomic E-state index is 5.50. The van der Waals surface area contributed by atoms with Crippen LogP contribution in [-0.2, 0) is 0 Å². The van der Waals surface area contributed by atoms with Gasteiger partial charge in [-0.05, 0) is 48.9 Å². The van der Waals surface area contributed by atoms with E-state index in [1.165, 1.54) is 11.3 Å². The third kappa shape index (κ3) is 2.20. The standard InChI is InChI=1S/C18H14BrNO2/c1-12-2-8-16(13-3-5-14(19)6-4-13)20(12)15-7-9-17-18(10-15)22-11-21-17/h2-10H,11H2,1H3. The first-order chi connectivity index (χ1) is 10.7. The van der Waals surface area contributed by atoms with Gasteiger partial charge in [0, 0.05) is 21.9 Å². The second-order valence-corrected chi connectivity index (χ2v) is 6.16. The molecule has 1 aliphatic rings. The summed E-state index contributed by atoms with van der Waals surface area (Å²) in [4.78, 5) is 0. The molecule has 0 saturated carbocycles.